The SMILES string of the molecule is CO[C@]1(C)C[C@@H](C)CN(C(=O)OCc2ccccc2)[C@H](C2CCNCC2)COC(=O)C(C)(C)C(=O)[C@H](C)[C@H]1O[C@@H]1O[C@H](C)C[C@H](N(C)C)[C@H]1OC(=O)c1ccccc1. The van der Waals surface area contributed by atoms with Crippen molar-refractivity contribution in [3.8, 4) is 0 Å². The molecule has 2 aromatic carbocycles. The van der Waals surface area contributed by atoms with Crippen LogP contribution in [0.1, 0.15) is 83.1 Å². The Morgan fingerprint density at radius 2 is 1.59 bits per heavy atom. The van der Waals surface area contributed by atoms with Crippen molar-refractivity contribution in [2.45, 2.75) is 116 Å². The summed E-state index contributed by atoms with van der Waals surface area (Å²) in [5.74, 6) is -2.75. The van der Waals surface area contributed by atoms with Gasteiger partial charge in [-0.05, 0) is 110 Å². The maximum absolute atomic E-state index is 14.7. The third kappa shape index (κ3) is 10.8. The minimum Gasteiger partial charge on any atom is -0.463 e. The molecule has 1 amide bonds. The summed E-state index contributed by atoms with van der Waals surface area (Å²) in [4.78, 5) is 60.4. The number of rotatable bonds is 9. The zero-order valence-electron chi connectivity index (χ0n) is 35.8. The number of likely N-dealkylation sites (N-methyl/N-ethyl adjacent to an activating group) is 1. The number of ether oxygens (including phenoxy) is 6. The van der Waals surface area contributed by atoms with Crippen molar-refractivity contribution < 1.29 is 47.6 Å². The van der Waals surface area contributed by atoms with Crippen LogP contribution in [0.5, 0.6) is 0 Å². The second-order valence-corrected chi connectivity index (χ2v) is 17.4. The van der Waals surface area contributed by atoms with Crippen LogP contribution in [-0.2, 0) is 44.6 Å². The fourth-order valence-corrected chi connectivity index (χ4v) is 8.88. The van der Waals surface area contributed by atoms with Crippen LogP contribution >= 0.6 is 0 Å². The largest absolute Gasteiger partial charge is 0.463 e. The van der Waals surface area contributed by atoms with Gasteiger partial charge in [-0.15, -0.1) is 0 Å². The minimum atomic E-state index is -1.60. The fourth-order valence-electron chi connectivity index (χ4n) is 8.88. The maximum atomic E-state index is 14.7. The highest BCUT2D eigenvalue weighted by Gasteiger charge is 2.53. The van der Waals surface area contributed by atoms with E-state index in [-0.39, 0.29) is 43.7 Å². The first-order chi connectivity index (χ1) is 27.5. The van der Waals surface area contributed by atoms with Gasteiger partial charge in [-0.2, -0.15) is 0 Å². The van der Waals surface area contributed by atoms with E-state index in [1.165, 1.54) is 0 Å². The van der Waals surface area contributed by atoms with Gasteiger partial charge in [0.2, 0.25) is 0 Å². The summed E-state index contributed by atoms with van der Waals surface area (Å²) in [6.45, 7) is 12.5. The van der Waals surface area contributed by atoms with E-state index in [2.05, 4.69) is 5.32 Å². The monoisotopic (exact) mass is 807 g/mol. The van der Waals surface area contributed by atoms with Crippen molar-refractivity contribution in [3.05, 3.63) is 71.8 Å². The average Bonchev–Trinajstić information content (AvgIpc) is 3.22. The highest BCUT2D eigenvalue weighted by atomic mass is 16.7. The quantitative estimate of drug-likeness (QED) is 0.184. The number of amides is 1. The molecule has 3 saturated heterocycles. The molecule has 0 spiro atoms. The predicted octanol–water partition coefficient (Wildman–Crippen LogP) is 5.89. The lowest BCUT2D eigenvalue weighted by atomic mass is 9.74. The number of carbonyl (C=O) groups excluding carboxylic acids is 4. The summed E-state index contributed by atoms with van der Waals surface area (Å²) >= 11 is 0. The Bertz CT molecular complexity index is 1670. The zero-order chi connectivity index (χ0) is 42.2. The Morgan fingerprint density at radius 3 is 2.21 bits per heavy atom. The molecule has 3 heterocycles. The molecule has 0 unspecified atom stereocenters. The van der Waals surface area contributed by atoms with E-state index < -0.39 is 65.3 Å². The Morgan fingerprint density at radius 1 is 0.948 bits per heavy atom. The van der Waals surface area contributed by atoms with E-state index in [0.29, 0.717) is 18.4 Å². The number of benzene rings is 2. The first-order valence-corrected chi connectivity index (χ1v) is 20.7. The Kier molecular flexibility index (Phi) is 15.5. The molecule has 3 aliphatic heterocycles. The van der Waals surface area contributed by atoms with Gasteiger partial charge in [0.15, 0.2) is 18.2 Å². The highest BCUT2D eigenvalue weighted by Crippen LogP contribution is 2.39. The molecule has 2 aromatic rings. The lowest BCUT2D eigenvalue weighted by Crippen LogP contribution is -2.60. The van der Waals surface area contributed by atoms with Gasteiger partial charge in [0.25, 0.3) is 0 Å². The van der Waals surface area contributed by atoms with E-state index in [4.69, 9.17) is 28.4 Å². The van der Waals surface area contributed by atoms with Crippen LogP contribution in [0, 0.1) is 23.2 Å². The zero-order valence-corrected chi connectivity index (χ0v) is 35.8. The van der Waals surface area contributed by atoms with Crippen LogP contribution in [0.15, 0.2) is 60.7 Å². The molecule has 5 rings (SSSR count). The molecule has 13 heteroatoms. The first kappa shape index (κ1) is 45.2. The Balaban J connectivity index is 1.53. The number of ketones is 1. The summed E-state index contributed by atoms with van der Waals surface area (Å²) < 4.78 is 38.1. The number of cyclic esters (lactones) is 1. The molecule has 0 aliphatic carbocycles. The van der Waals surface area contributed by atoms with Gasteiger partial charge < -0.3 is 43.5 Å². The molecular weight excluding hydrogens is 743 g/mol. The Hall–Kier alpha value is -3.88. The third-order valence-electron chi connectivity index (χ3n) is 12.3. The van der Waals surface area contributed by atoms with Crippen molar-refractivity contribution in [1.82, 2.24) is 15.1 Å². The van der Waals surface area contributed by atoms with Gasteiger partial charge in [0, 0.05) is 19.6 Å². The number of esters is 2. The molecule has 0 bridgehead atoms. The van der Waals surface area contributed by atoms with Crippen molar-refractivity contribution in [1.29, 1.82) is 0 Å². The standard InChI is InChI=1S/C45H65N3O10/c1-29-25-45(6,53-9)39(58-41-37(35(47(7)8)24-30(2)56-41)57-40(50)34-18-14-11-15-19-34)31(3)38(49)44(4,5)42(51)54-28-36(33-20-22-46-23-21-33)48(26-29)43(52)55-27-32-16-12-10-13-17-32/h10-19,29-31,33,35-37,39,41,46H,20-28H2,1-9H3/t29-,30-,31+,35+,36+,37-,39-,41+,45-/m1/s1. The maximum Gasteiger partial charge on any atom is 0.410 e. The van der Waals surface area contributed by atoms with E-state index in [1.807, 2.05) is 76.2 Å². The summed E-state index contributed by atoms with van der Waals surface area (Å²) in [5.41, 5.74) is -1.53. The molecule has 3 aliphatic rings. The normalized spacial score (nSPS) is 31.7. The number of Topliss-reactive ketones (excluding diaryl/α,β-unsaturated/α-hetero) is 1. The molecule has 58 heavy (non-hydrogen) atoms. The van der Waals surface area contributed by atoms with E-state index in [1.54, 1.807) is 57.0 Å². The molecule has 0 radical (unpaired) electrons. The van der Waals surface area contributed by atoms with E-state index >= 15 is 0 Å². The van der Waals surface area contributed by atoms with Gasteiger partial charge >= 0.3 is 18.0 Å². The van der Waals surface area contributed by atoms with Crippen molar-refractivity contribution in [2.75, 3.05) is 47.4 Å². The van der Waals surface area contributed by atoms with Gasteiger partial charge in [-0.3, -0.25) is 9.59 Å². The second kappa shape index (κ2) is 19.9. The number of nitrogens with one attached hydrogen (secondary N) is 1. The predicted molar refractivity (Wildman–Crippen MR) is 218 cm³/mol. The number of hydrogen-bond acceptors (Lipinski definition) is 12. The Labute approximate surface area is 344 Å². The van der Waals surface area contributed by atoms with Crippen LogP contribution in [0.3, 0.4) is 0 Å². The first-order valence-electron chi connectivity index (χ1n) is 20.7. The summed E-state index contributed by atoms with van der Waals surface area (Å²) in [5, 5.41) is 3.39. The van der Waals surface area contributed by atoms with Crippen LogP contribution in [-0.4, -0.2) is 123 Å². The van der Waals surface area contributed by atoms with Crippen LogP contribution in [0.2, 0.25) is 0 Å². The lowest BCUT2D eigenvalue weighted by Gasteiger charge is -2.48. The average molecular weight is 808 g/mol. The van der Waals surface area contributed by atoms with Crippen LogP contribution < -0.4 is 5.32 Å². The van der Waals surface area contributed by atoms with Crippen LogP contribution in [0.25, 0.3) is 0 Å². The fraction of sp³-hybridized carbons (Fsp3) is 0.644. The lowest BCUT2D eigenvalue weighted by molar-refractivity contribution is -0.295. The summed E-state index contributed by atoms with van der Waals surface area (Å²) in [6.07, 6.45) is -1.34. The number of nitrogens with zero attached hydrogens (tertiary/aromatic N) is 2. The smallest absolute Gasteiger partial charge is 0.410 e. The van der Waals surface area contributed by atoms with Crippen molar-refractivity contribution >= 4 is 23.8 Å². The van der Waals surface area contributed by atoms with Gasteiger partial charge in [-0.25, -0.2) is 9.59 Å². The summed E-state index contributed by atoms with van der Waals surface area (Å²) in [6, 6.07) is 17.4. The van der Waals surface area contributed by atoms with E-state index in [9.17, 15) is 19.2 Å². The topological polar surface area (TPSA) is 142 Å². The molecule has 3 fully saturated rings. The number of hydrogen-bond donors (Lipinski definition) is 1. The van der Waals surface area contributed by atoms with Crippen LogP contribution in [0.4, 0.5) is 4.79 Å². The molecule has 13 nitrogen and oxygen atoms in total. The molecule has 9 atom stereocenters. The van der Waals surface area contributed by atoms with Gasteiger partial charge in [-0.1, -0.05) is 62.4 Å². The minimum absolute atomic E-state index is 0.0175. The number of carbonyl (C=O) groups is 4. The van der Waals surface area contributed by atoms with Gasteiger partial charge in [0.05, 0.1) is 35.5 Å². The number of methoxy groups -OCH3 is 1. The van der Waals surface area contributed by atoms with E-state index in [0.717, 1.165) is 31.5 Å². The highest BCUT2D eigenvalue weighted by molar-refractivity contribution is 6.04. The molecular formula is C45H65N3O10. The second-order valence-electron chi connectivity index (χ2n) is 17.4. The summed E-state index contributed by atoms with van der Waals surface area (Å²) in [7, 11) is 5.40. The number of piperidine rings is 1. The van der Waals surface area contributed by atoms with Crippen molar-refractivity contribution in [2.24, 2.45) is 23.2 Å². The molecule has 320 valence electrons. The molecule has 0 aromatic heterocycles. The molecule has 1 N–H and O–H groups in total. The third-order valence-corrected chi connectivity index (χ3v) is 12.3. The van der Waals surface area contributed by atoms with Crippen molar-refractivity contribution in [3.63, 3.8) is 0 Å². The molecule has 0 saturated carbocycles. The van der Waals surface area contributed by atoms with Gasteiger partial charge in [0.1, 0.15) is 18.6 Å².